The Morgan fingerprint density at radius 3 is 1.24 bits per heavy atom. The molecule has 0 fully saturated rings. The van der Waals surface area contributed by atoms with Crippen molar-refractivity contribution in [2.45, 2.75) is 0 Å². The van der Waals surface area contributed by atoms with Gasteiger partial charge in [-0.15, -0.1) is 0 Å². The maximum absolute atomic E-state index is 2.39. The molecule has 1 nitrogen and oxygen atoms in total. The normalized spacial score (nSPS) is 11.7. The first-order valence-electron chi connectivity index (χ1n) is 16.9. The highest BCUT2D eigenvalue weighted by Crippen LogP contribution is 2.39. The van der Waals surface area contributed by atoms with E-state index in [9.17, 15) is 0 Å². The number of benzene rings is 9. The van der Waals surface area contributed by atoms with Crippen LogP contribution in [0.15, 0.2) is 188 Å². The minimum absolute atomic E-state index is 1.17. The lowest BCUT2D eigenvalue weighted by Crippen LogP contribution is -1.93. The predicted octanol–water partition coefficient (Wildman–Crippen LogP) is 13.2. The summed E-state index contributed by atoms with van der Waals surface area (Å²) in [5, 5.41) is 10.3. The summed E-state index contributed by atoms with van der Waals surface area (Å²) in [6, 6.07) is 68.7. The van der Waals surface area contributed by atoms with Gasteiger partial charge in [0.05, 0.1) is 11.0 Å². The van der Waals surface area contributed by atoms with Gasteiger partial charge in [-0.25, -0.2) is 0 Å². The Morgan fingerprint density at radius 2 is 0.612 bits per heavy atom. The topological polar surface area (TPSA) is 4.93 Å². The predicted molar refractivity (Wildman–Crippen MR) is 210 cm³/mol. The molecule has 0 saturated carbocycles. The zero-order chi connectivity index (χ0) is 32.3. The van der Waals surface area contributed by atoms with Crippen LogP contribution in [-0.2, 0) is 0 Å². The molecule has 0 saturated heterocycles. The molecule has 0 bridgehead atoms. The molecule has 0 aliphatic heterocycles. The Morgan fingerprint density at radius 1 is 0.224 bits per heavy atom. The minimum atomic E-state index is 1.17. The molecule has 0 unspecified atom stereocenters. The van der Waals surface area contributed by atoms with Gasteiger partial charge < -0.3 is 4.57 Å². The molecule has 0 N–H and O–H groups in total. The summed E-state index contributed by atoms with van der Waals surface area (Å²) in [4.78, 5) is 0. The van der Waals surface area contributed by atoms with E-state index in [2.05, 4.69) is 193 Å². The van der Waals surface area contributed by atoms with Crippen molar-refractivity contribution >= 4 is 54.1 Å². The quantitative estimate of drug-likeness (QED) is 0.172. The monoisotopic (exact) mass is 621 g/mol. The van der Waals surface area contributed by atoms with E-state index < -0.39 is 0 Å². The lowest BCUT2D eigenvalue weighted by atomic mass is 9.92. The van der Waals surface area contributed by atoms with Gasteiger partial charge in [-0.3, -0.25) is 0 Å². The van der Waals surface area contributed by atoms with Gasteiger partial charge in [0, 0.05) is 16.5 Å². The Bertz CT molecular complexity index is 2800. The molecule has 10 rings (SSSR count). The number of hydrogen-bond acceptors (Lipinski definition) is 0. The Balaban J connectivity index is 1.04. The fraction of sp³-hybridized carbons (Fsp3) is 0. The maximum atomic E-state index is 2.39. The Kier molecular flexibility index (Phi) is 6.25. The summed E-state index contributed by atoms with van der Waals surface area (Å²) in [6.45, 7) is 0. The fourth-order valence-electron chi connectivity index (χ4n) is 7.81. The highest BCUT2D eigenvalue weighted by molar-refractivity contribution is 6.25. The van der Waals surface area contributed by atoms with E-state index in [1.54, 1.807) is 0 Å². The number of nitrogens with zero attached hydrogens (tertiary/aromatic N) is 1. The van der Waals surface area contributed by atoms with Crippen LogP contribution in [0, 0.1) is 0 Å². The second kappa shape index (κ2) is 11.1. The van der Waals surface area contributed by atoms with Gasteiger partial charge in [0.1, 0.15) is 0 Å². The second-order valence-electron chi connectivity index (χ2n) is 12.9. The van der Waals surface area contributed by atoms with Crippen molar-refractivity contribution in [1.29, 1.82) is 0 Å². The van der Waals surface area contributed by atoms with Crippen LogP contribution in [0.1, 0.15) is 0 Å². The van der Waals surface area contributed by atoms with Crippen LogP contribution in [0.3, 0.4) is 0 Å². The van der Waals surface area contributed by atoms with Gasteiger partial charge in [-0.2, -0.15) is 0 Å². The van der Waals surface area contributed by atoms with Gasteiger partial charge in [0.25, 0.3) is 0 Å². The van der Waals surface area contributed by atoms with Crippen molar-refractivity contribution in [1.82, 2.24) is 4.57 Å². The summed E-state index contributed by atoms with van der Waals surface area (Å²) < 4.78 is 2.39. The maximum Gasteiger partial charge on any atom is 0.0541 e. The minimum Gasteiger partial charge on any atom is -0.309 e. The van der Waals surface area contributed by atoms with Crippen LogP contribution in [0.4, 0.5) is 0 Å². The molecule has 228 valence electrons. The summed E-state index contributed by atoms with van der Waals surface area (Å²) in [6.07, 6.45) is 0. The van der Waals surface area contributed by atoms with Gasteiger partial charge in [-0.1, -0.05) is 152 Å². The van der Waals surface area contributed by atoms with Crippen molar-refractivity contribution < 1.29 is 0 Å². The molecule has 0 atom stereocenters. The van der Waals surface area contributed by atoms with Crippen molar-refractivity contribution in [2.24, 2.45) is 0 Å². The Labute approximate surface area is 284 Å². The standard InChI is InChI=1S/C48H31N/c1-2-10-32(11-3-1)33-22-26-38(27-23-33)49-47-17-9-8-16-44(47)46-31-37(25-29-48(46)49)35-20-18-34(19-21-35)36-24-28-43-41-14-5-4-12-39(41)40-13-6-7-15-42(40)45(43)30-36/h1-31H. The van der Waals surface area contributed by atoms with Gasteiger partial charge in [-0.05, 0) is 102 Å². The van der Waals surface area contributed by atoms with Crippen molar-refractivity contribution in [3.05, 3.63) is 188 Å². The molecule has 1 heterocycles. The SMILES string of the molecule is c1ccc(-c2ccc(-n3c4ccccc4c4cc(-c5ccc(-c6ccc7c8ccccc8c8ccccc8c7c6)cc5)ccc43)cc2)cc1. The first-order valence-corrected chi connectivity index (χ1v) is 16.9. The molecular formula is C48H31N. The molecule has 0 amide bonds. The van der Waals surface area contributed by atoms with Crippen LogP contribution >= 0.6 is 0 Å². The lowest BCUT2D eigenvalue weighted by Gasteiger charge is -2.12. The molecule has 0 radical (unpaired) electrons. The molecule has 0 aliphatic carbocycles. The fourth-order valence-corrected chi connectivity index (χ4v) is 7.81. The van der Waals surface area contributed by atoms with Gasteiger partial charge in [0.15, 0.2) is 0 Å². The molecule has 9 aromatic carbocycles. The van der Waals surface area contributed by atoms with Gasteiger partial charge >= 0.3 is 0 Å². The van der Waals surface area contributed by atoms with Crippen LogP contribution < -0.4 is 0 Å². The van der Waals surface area contributed by atoms with E-state index >= 15 is 0 Å². The zero-order valence-electron chi connectivity index (χ0n) is 26.8. The molecule has 0 aliphatic rings. The molecule has 49 heavy (non-hydrogen) atoms. The molecular weight excluding hydrogens is 591 g/mol. The van der Waals surface area contributed by atoms with Crippen molar-refractivity contribution in [3.63, 3.8) is 0 Å². The van der Waals surface area contributed by atoms with E-state index in [-0.39, 0.29) is 0 Å². The van der Waals surface area contributed by atoms with Crippen molar-refractivity contribution in [2.75, 3.05) is 0 Å². The summed E-state index contributed by atoms with van der Waals surface area (Å²) >= 11 is 0. The average Bonchev–Trinajstić information content (AvgIpc) is 3.52. The number of hydrogen-bond donors (Lipinski definition) is 0. The summed E-state index contributed by atoms with van der Waals surface area (Å²) in [5.74, 6) is 0. The zero-order valence-corrected chi connectivity index (χ0v) is 26.8. The largest absolute Gasteiger partial charge is 0.309 e. The number of rotatable bonds is 4. The number of fused-ring (bicyclic) bond motifs is 9. The van der Waals surface area contributed by atoms with E-state index in [0.29, 0.717) is 0 Å². The van der Waals surface area contributed by atoms with E-state index in [1.807, 2.05) is 0 Å². The summed E-state index contributed by atoms with van der Waals surface area (Å²) in [5.41, 5.74) is 10.9. The molecule has 1 aromatic heterocycles. The first kappa shape index (κ1) is 27.7. The van der Waals surface area contributed by atoms with E-state index in [0.717, 1.165) is 0 Å². The van der Waals surface area contributed by atoms with Crippen LogP contribution in [0.25, 0.3) is 93.2 Å². The van der Waals surface area contributed by atoms with E-state index in [4.69, 9.17) is 0 Å². The number of aromatic nitrogens is 1. The number of para-hydroxylation sites is 1. The van der Waals surface area contributed by atoms with Crippen LogP contribution in [0.2, 0.25) is 0 Å². The van der Waals surface area contributed by atoms with E-state index in [1.165, 1.54) is 93.2 Å². The highest BCUT2D eigenvalue weighted by Gasteiger charge is 2.14. The first-order chi connectivity index (χ1) is 24.3. The van der Waals surface area contributed by atoms with Gasteiger partial charge in [0.2, 0.25) is 0 Å². The third-order valence-corrected chi connectivity index (χ3v) is 10.2. The second-order valence-corrected chi connectivity index (χ2v) is 12.9. The van der Waals surface area contributed by atoms with Crippen molar-refractivity contribution in [3.8, 4) is 39.1 Å². The third kappa shape index (κ3) is 4.47. The summed E-state index contributed by atoms with van der Waals surface area (Å²) in [7, 11) is 0. The molecule has 10 aromatic rings. The highest BCUT2D eigenvalue weighted by atomic mass is 15.0. The third-order valence-electron chi connectivity index (χ3n) is 10.2. The lowest BCUT2D eigenvalue weighted by molar-refractivity contribution is 1.18. The molecule has 0 spiro atoms. The molecule has 1 heteroatoms. The van der Waals surface area contributed by atoms with Crippen LogP contribution in [0.5, 0.6) is 0 Å². The smallest absolute Gasteiger partial charge is 0.0541 e. The Hall–Kier alpha value is -6.44. The average molecular weight is 622 g/mol. The van der Waals surface area contributed by atoms with Crippen LogP contribution in [-0.4, -0.2) is 4.57 Å².